The van der Waals surface area contributed by atoms with Gasteiger partial charge < -0.3 is 10.5 Å². The maximum atomic E-state index is 11.6. The molecule has 1 aromatic carbocycles. The van der Waals surface area contributed by atoms with E-state index in [9.17, 15) is 4.79 Å². The van der Waals surface area contributed by atoms with Gasteiger partial charge in [0.25, 0.3) is 0 Å². The lowest BCUT2D eigenvalue weighted by Crippen LogP contribution is -2.03. The third-order valence-electron chi connectivity index (χ3n) is 2.36. The molecule has 2 N–H and O–H groups in total. The van der Waals surface area contributed by atoms with Crippen LogP contribution in [0.1, 0.15) is 17.3 Å². The molecule has 7 heteroatoms. The van der Waals surface area contributed by atoms with Crippen LogP contribution in [-0.2, 0) is 4.74 Å². The molecule has 1 aromatic heterocycles. The zero-order valence-electron chi connectivity index (χ0n) is 10.1. The molecule has 2 aromatic rings. The molecule has 0 spiro atoms. The lowest BCUT2D eigenvalue weighted by atomic mass is 10.3. The Balaban J connectivity index is 2.41. The Kier molecular flexibility index (Phi) is 3.97. The van der Waals surface area contributed by atoms with Gasteiger partial charge in [-0.2, -0.15) is 5.10 Å². The number of halogens is 2. The number of anilines is 1. The fourth-order valence-electron chi connectivity index (χ4n) is 1.57. The number of nitrogens with two attached hydrogens (primary N) is 1. The van der Waals surface area contributed by atoms with Crippen LogP contribution >= 0.6 is 23.2 Å². The molecule has 19 heavy (non-hydrogen) atoms. The van der Waals surface area contributed by atoms with E-state index >= 15 is 0 Å². The topological polar surface area (TPSA) is 70.1 Å². The summed E-state index contributed by atoms with van der Waals surface area (Å²) in [6.07, 6.45) is 2.89. The van der Waals surface area contributed by atoms with Gasteiger partial charge in [0.15, 0.2) is 0 Å². The largest absolute Gasteiger partial charge is 0.462 e. The molecule has 0 saturated heterocycles. The van der Waals surface area contributed by atoms with Gasteiger partial charge in [0.2, 0.25) is 0 Å². The highest BCUT2D eigenvalue weighted by Crippen LogP contribution is 2.30. The summed E-state index contributed by atoms with van der Waals surface area (Å²) >= 11 is 12.2. The molecular formula is C12H11Cl2N3O2. The molecular weight excluding hydrogens is 289 g/mol. The predicted molar refractivity (Wildman–Crippen MR) is 74.0 cm³/mol. The molecule has 2 rings (SSSR count). The Bertz CT molecular complexity index is 602. The van der Waals surface area contributed by atoms with Crippen LogP contribution in [0.15, 0.2) is 24.5 Å². The van der Waals surface area contributed by atoms with Gasteiger partial charge in [-0.15, -0.1) is 0 Å². The van der Waals surface area contributed by atoms with Gasteiger partial charge in [0, 0.05) is 11.9 Å². The van der Waals surface area contributed by atoms with Crippen LogP contribution in [0.3, 0.4) is 0 Å². The number of hydrogen-bond donors (Lipinski definition) is 1. The Hall–Kier alpha value is -1.72. The number of rotatable bonds is 3. The summed E-state index contributed by atoms with van der Waals surface area (Å²) in [5.74, 6) is -0.448. The first kappa shape index (κ1) is 13.7. The highest BCUT2D eigenvalue weighted by Gasteiger charge is 2.14. The number of carbonyl (C=O) groups is 1. The lowest BCUT2D eigenvalue weighted by molar-refractivity contribution is 0.0526. The molecule has 1 heterocycles. The molecule has 0 aliphatic heterocycles. The minimum absolute atomic E-state index is 0.299. The normalized spacial score (nSPS) is 10.5. The van der Waals surface area contributed by atoms with Crippen LogP contribution < -0.4 is 5.73 Å². The molecule has 0 radical (unpaired) electrons. The Labute approximate surface area is 119 Å². The van der Waals surface area contributed by atoms with E-state index in [1.807, 2.05) is 0 Å². The number of aromatic nitrogens is 2. The van der Waals surface area contributed by atoms with Crippen molar-refractivity contribution in [2.24, 2.45) is 0 Å². The number of hydrogen-bond acceptors (Lipinski definition) is 4. The van der Waals surface area contributed by atoms with E-state index in [1.165, 1.54) is 17.1 Å². The van der Waals surface area contributed by atoms with Gasteiger partial charge in [-0.25, -0.2) is 9.48 Å². The van der Waals surface area contributed by atoms with Gasteiger partial charge in [-0.3, -0.25) is 0 Å². The van der Waals surface area contributed by atoms with E-state index < -0.39 is 5.97 Å². The van der Waals surface area contributed by atoms with Gasteiger partial charge in [0.1, 0.15) is 5.69 Å². The number of carbonyl (C=O) groups excluding carboxylic acids is 1. The number of benzene rings is 1. The summed E-state index contributed by atoms with van der Waals surface area (Å²) < 4.78 is 6.29. The zero-order chi connectivity index (χ0) is 14.0. The van der Waals surface area contributed by atoms with Crippen LogP contribution in [0.5, 0.6) is 0 Å². The molecule has 5 nitrogen and oxygen atoms in total. The third kappa shape index (κ3) is 2.83. The highest BCUT2D eigenvalue weighted by atomic mass is 35.5. The first-order valence-electron chi connectivity index (χ1n) is 5.49. The van der Waals surface area contributed by atoms with Gasteiger partial charge in [-0.05, 0) is 19.1 Å². The Morgan fingerprint density at radius 2 is 2.05 bits per heavy atom. The van der Waals surface area contributed by atoms with Gasteiger partial charge in [-0.1, -0.05) is 23.2 Å². The zero-order valence-corrected chi connectivity index (χ0v) is 11.6. The van der Waals surface area contributed by atoms with E-state index in [2.05, 4.69) is 5.10 Å². The molecule has 0 atom stereocenters. The van der Waals surface area contributed by atoms with Crippen molar-refractivity contribution in [2.45, 2.75) is 6.92 Å². The van der Waals surface area contributed by atoms with Crippen LogP contribution in [0.4, 0.5) is 5.69 Å². The summed E-state index contributed by atoms with van der Waals surface area (Å²) in [5.41, 5.74) is 6.87. The highest BCUT2D eigenvalue weighted by molar-refractivity contribution is 6.38. The number of esters is 1. The molecule has 0 fully saturated rings. The predicted octanol–water partition coefficient (Wildman–Crippen LogP) is 2.94. The summed E-state index contributed by atoms with van der Waals surface area (Å²) in [5, 5.41) is 4.75. The van der Waals surface area contributed by atoms with E-state index in [0.717, 1.165) is 0 Å². The van der Waals surface area contributed by atoms with Gasteiger partial charge >= 0.3 is 5.97 Å². The van der Waals surface area contributed by atoms with E-state index in [0.29, 0.717) is 33.6 Å². The van der Waals surface area contributed by atoms with E-state index in [4.69, 9.17) is 33.7 Å². The van der Waals surface area contributed by atoms with Crippen LogP contribution in [0.25, 0.3) is 5.69 Å². The number of nitrogen functional groups attached to an aromatic ring is 1. The third-order valence-corrected chi connectivity index (χ3v) is 2.94. The smallest absolute Gasteiger partial charge is 0.341 e. The molecule has 0 saturated carbocycles. The molecule has 0 bridgehead atoms. The molecule has 0 aliphatic rings. The monoisotopic (exact) mass is 299 g/mol. The second-order valence-corrected chi connectivity index (χ2v) is 4.54. The van der Waals surface area contributed by atoms with Crippen LogP contribution in [-0.4, -0.2) is 22.4 Å². The van der Waals surface area contributed by atoms with Crippen molar-refractivity contribution in [1.82, 2.24) is 9.78 Å². The van der Waals surface area contributed by atoms with Gasteiger partial charge in [0.05, 0.1) is 28.4 Å². The fraction of sp³-hybridized carbons (Fsp3) is 0.167. The first-order chi connectivity index (χ1) is 9.02. The number of ether oxygens (including phenoxy) is 1. The van der Waals surface area contributed by atoms with Crippen LogP contribution in [0, 0.1) is 0 Å². The summed E-state index contributed by atoms with van der Waals surface area (Å²) in [4.78, 5) is 11.6. The van der Waals surface area contributed by atoms with Crippen molar-refractivity contribution in [2.75, 3.05) is 12.3 Å². The fourth-order valence-corrected chi connectivity index (χ4v) is 2.25. The van der Waals surface area contributed by atoms with Crippen molar-refractivity contribution < 1.29 is 9.53 Å². The van der Waals surface area contributed by atoms with Crippen LogP contribution in [0.2, 0.25) is 10.0 Å². The first-order valence-corrected chi connectivity index (χ1v) is 6.25. The van der Waals surface area contributed by atoms with Crippen molar-refractivity contribution in [3.8, 4) is 5.69 Å². The van der Waals surface area contributed by atoms with E-state index in [1.54, 1.807) is 19.1 Å². The number of nitrogens with zero attached hydrogens (tertiary/aromatic N) is 2. The summed E-state index contributed by atoms with van der Waals surface area (Å²) in [6.45, 7) is 2.03. The lowest BCUT2D eigenvalue weighted by Gasteiger charge is -2.07. The Morgan fingerprint density at radius 1 is 1.42 bits per heavy atom. The average Bonchev–Trinajstić information content (AvgIpc) is 2.77. The summed E-state index contributed by atoms with van der Waals surface area (Å²) in [7, 11) is 0. The quantitative estimate of drug-likeness (QED) is 0.699. The Morgan fingerprint density at radius 3 is 2.63 bits per heavy atom. The molecule has 0 amide bonds. The van der Waals surface area contributed by atoms with E-state index in [-0.39, 0.29) is 0 Å². The molecule has 0 unspecified atom stereocenters. The SMILES string of the molecule is CCOC(=O)c1cnn(-c2c(Cl)cc(N)cc2Cl)c1. The van der Waals surface area contributed by atoms with Crippen molar-refractivity contribution in [3.63, 3.8) is 0 Å². The average molecular weight is 300 g/mol. The van der Waals surface area contributed by atoms with Crippen molar-refractivity contribution in [1.29, 1.82) is 0 Å². The maximum Gasteiger partial charge on any atom is 0.341 e. The molecule has 0 aliphatic carbocycles. The summed E-state index contributed by atoms with van der Waals surface area (Å²) in [6, 6.07) is 3.13. The minimum Gasteiger partial charge on any atom is -0.462 e. The van der Waals surface area contributed by atoms with Crippen molar-refractivity contribution >= 4 is 34.9 Å². The molecule has 100 valence electrons. The second-order valence-electron chi connectivity index (χ2n) is 3.73. The standard InChI is InChI=1S/C12H11Cl2N3O2/c1-2-19-12(18)7-5-16-17(6-7)11-9(13)3-8(15)4-10(11)14/h3-6H,2,15H2,1H3. The maximum absolute atomic E-state index is 11.6. The van der Waals surface area contributed by atoms with Crippen molar-refractivity contribution in [3.05, 3.63) is 40.1 Å². The minimum atomic E-state index is -0.448. The second kappa shape index (κ2) is 5.50.